The summed E-state index contributed by atoms with van der Waals surface area (Å²) in [6.45, 7) is 7.11. The van der Waals surface area contributed by atoms with Gasteiger partial charge in [0, 0.05) is 12.2 Å². The quantitative estimate of drug-likeness (QED) is 0.854. The van der Waals surface area contributed by atoms with E-state index in [9.17, 15) is 4.79 Å². The molecule has 0 saturated carbocycles. The van der Waals surface area contributed by atoms with Gasteiger partial charge in [-0.3, -0.25) is 4.79 Å². The fourth-order valence-corrected chi connectivity index (χ4v) is 2.09. The van der Waals surface area contributed by atoms with Gasteiger partial charge < -0.3 is 10.6 Å². The maximum Gasteiger partial charge on any atom is 0.275 e. The lowest BCUT2D eigenvalue weighted by molar-refractivity contribution is 0.102. The minimum Gasteiger partial charge on any atom is -0.369 e. The molecule has 0 radical (unpaired) electrons. The summed E-state index contributed by atoms with van der Waals surface area (Å²) in [5.74, 6) is 0.770. The minimum absolute atomic E-state index is 0.248. The normalized spacial score (nSPS) is 10.5. The monoisotopic (exact) mass is 298 g/mol. The molecule has 5 heteroatoms. The Morgan fingerprint density at radius 2 is 1.95 bits per heavy atom. The van der Waals surface area contributed by atoms with E-state index in [-0.39, 0.29) is 5.91 Å². The molecule has 0 bridgehead atoms. The molecule has 0 saturated heterocycles. The molecule has 2 N–H and O–H groups in total. The number of carbonyl (C=O) groups excluding carboxylic acids is 1. The van der Waals surface area contributed by atoms with E-state index in [1.54, 1.807) is 6.20 Å². The van der Waals surface area contributed by atoms with Gasteiger partial charge in [0.15, 0.2) is 0 Å². The summed E-state index contributed by atoms with van der Waals surface area (Å²) in [5.41, 5.74) is 2.23. The number of nitrogens with one attached hydrogen (secondary N) is 2. The number of anilines is 2. The maximum absolute atomic E-state index is 12.3. The summed E-state index contributed by atoms with van der Waals surface area (Å²) in [5, 5.41) is 6.04. The molecule has 2 rings (SSSR count). The predicted molar refractivity (Wildman–Crippen MR) is 89.3 cm³/mol. The smallest absolute Gasteiger partial charge is 0.275 e. The highest BCUT2D eigenvalue weighted by Crippen LogP contribution is 2.23. The molecule has 0 aliphatic heterocycles. The molecule has 1 aromatic carbocycles. The van der Waals surface area contributed by atoms with Crippen LogP contribution in [0.1, 0.15) is 49.2 Å². The molecule has 1 aromatic heterocycles. The second-order valence-corrected chi connectivity index (χ2v) is 5.41. The first kappa shape index (κ1) is 15.9. The van der Waals surface area contributed by atoms with E-state index in [1.807, 2.05) is 24.3 Å². The van der Waals surface area contributed by atoms with Gasteiger partial charge in [-0.2, -0.15) is 0 Å². The lowest BCUT2D eigenvalue weighted by Gasteiger charge is -2.13. The first-order valence-corrected chi connectivity index (χ1v) is 7.58. The van der Waals surface area contributed by atoms with Crippen LogP contribution in [0.5, 0.6) is 0 Å². The van der Waals surface area contributed by atoms with Crippen LogP contribution in [0.15, 0.2) is 36.7 Å². The van der Waals surface area contributed by atoms with Gasteiger partial charge in [0.1, 0.15) is 11.5 Å². The molecule has 1 amide bonds. The van der Waals surface area contributed by atoms with Crippen molar-refractivity contribution >= 4 is 17.4 Å². The SMILES string of the molecule is CCCNc1cnc(C(=O)Nc2ccccc2C(C)C)cn1. The lowest BCUT2D eigenvalue weighted by Crippen LogP contribution is -2.16. The number of hydrogen-bond donors (Lipinski definition) is 2. The Bertz CT molecular complexity index is 623. The van der Waals surface area contributed by atoms with Gasteiger partial charge in [-0.1, -0.05) is 39.0 Å². The van der Waals surface area contributed by atoms with E-state index >= 15 is 0 Å². The molecule has 22 heavy (non-hydrogen) atoms. The molecule has 0 atom stereocenters. The number of hydrogen-bond acceptors (Lipinski definition) is 4. The maximum atomic E-state index is 12.3. The minimum atomic E-state index is -0.248. The van der Waals surface area contributed by atoms with Crippen LogP contribution in [0.2, 0.25) is 0 Å². The average Bonchev–Trinajstić information content (AvgIpc) is 2.53. The molecule has 0 fully saturated rings. The summed E-state index contributed by atoms with van der Waals surface area (Å²) in [4.78, 5) is 20.6. The zero-order valence-electron chi connectivity index (χ0n) is 13.3. The molecular weight excluding hydrogens is 276 g/mol. The number of benzene rings is 1. The van der Waals surface area contributed by atoms with Crippen LogP contribution in [0, 0.1) is 0 Å². The van der Waals surface area contributed by atoms with Crippen molar-refractivity contribution in [2.75, 3.05) is 17.2 Å². The van der Waals surface area contributed by atoms with Crippen molar-refractivity contribution in [3.8, 4) is 0 Å². The van der Waals surface area contributed by atoms with Crippen LogP contribution in [0.4, 0.5) is 11.5 Å². The van der Waals surface area contributed by atoms with Crippen LogP contribution in [-0.2, 0) is 0 Å². The number of nitrogens with zero attached hydrogens (tertiary/aromatic N) is 2. The van der Waals surface area contributed by atoms with Crippen molar-refractivity contribution in [3.63, 3.8) is 0 Å². The van der Waals surface area contributed by atoms with Crippen molar-refractivity contribution in [1.82, 2.24) is 9.97 Å². The standard InChI is InChI=1S/C17H22N4O/c1-4-9-18-16-11-19-15(10-20-16)17(22)21-14-8-6-5-7-13(14)12(2)3/h5-8,10-12H,4,9H2,1-3H3,(H,18,20)(H,21,22). The van der Waals surface area contributed by atoms with E-state index in [0.29, 0.717) is 17.4 Å². The molecule has 0 spiro atoms. The first-order valence-electron chi connectivity index (χ1n) is 7.58. The van der Waals surface area contributed by atoms with Crippen LogP contribution in [-0.4, -0.2) is 22.4 Å². The van der Waals surface area contributed by atoms with E-state index in [4.69, 9.17) is 0 Å². The first-order chi connectivity index (χ1) is 10.6. The van der Waals surface area contributed by atoms with Gasteiger partial charge >= 0.3 is 0 Å². The number of rotatable bonds is 6. The zero-order chi connectivity index (χ0) is 15.9. The van der Waals surface area contributed by atoms with Gasteiger partial charge in [0.05, 0.1) is 12.4 Å². The van der Waals surface area contributed by atoms with Gasteiger partial charge in [-0.25, -0.2) is 9.97 Å². The van der Waals surface area contributed by atoms with Crippen molar-refractivity contribution in [2.24, 2.45) is 0 Å². The molecule has 116 valence electrons. The summed E-state index contributed by atoms with van der Waals surface area (Å²) >= 11 is 0. The Kier molecular flexibility index (Phi) is 5.47. The largest absolute Gasteiger partial charge is 0.369 e. The van der Waals surface area contributed by atoms with Crippen molar-refractivity contribution < 1.29 is 4.79 Å². The van der Waals surface area contributed by atoms with E-state index in [2.05, 4.69) is 41.4 Å². The highest BCUT2D eigenvalue weighted by atomic mass is 16.1. The number of para-hydroxylation sites is 1. The number of aromatic nitrogens is 2. The highest BCUT2D eigenvalue weighted by molar-refractivity contribution is 6.03. The summed E-state index contributed by atoms with van der Waals surface area (Å²) in [6, 6.07) is 7.80. The van der Waals surface area contributed by atoms with Crippen molar-refractivity contribution in [1.29, 1.82) is 0 Å². The van der Waals surface area contributed by atoms with Gasteiger partial charge in [-0.05, 0) is 24.0 Å². The Morgan fingerprint density at radius 1 is 1.18 bits per heavy atom. The number of carbonyl (C=O) groups is 1. The van der Waals surface area contributed by atoms with E-state index in [0.717, 1.165) is 24.2 Å². The highest BCUT2D eigenvalue weighted by Gasteiger charge is 2.12. The molecular formula is C17H22N4O. The molecule has 1 heterocycles. The third-order valence-corrected chi connectivity index (χ3v) is 3.27. The van der Waals surface area contributed by atoms with Crippen LogP contribution in [0.3, 0.4) is 0 Å². The third kappa shape index (κ3) is 4.04. The van der Waals surface area contributed by atoms with Gasteiger partial charge in [0.25, 0.3) is 5.91 Å². The third-order valence-electron chi connectivity index (χ3n) is 3.27. The lowest BCUT2D eigenvalue weighted by atomic mass is 10.0. The van der Waals surface area contributed by atoms with Gasteiger partial charge in [0.2, 0.25) is 0 Å². The van der Waals surface area contributed by atoms with Crippen molar-refractivity contribution in [3.05, 3.63) is 47.9 Å². The van der Waals surface area contributed by atoms with E-state index < -0.39 is 0 Å². The molecule has 2 aromatic rings. The second kappa shape index (κ2) is 7.54. The molecule has 0 aliphatic rings. The Balaban J connectivity index is 2.09. The summed E-state index contributed by atoms with van der Waals surface area (Å²) in [7, 11) is 0. The fourth-order valence-electron chi connectivity index (χ4n) is 2.09. The summed E-state index contributed by atoms with van der Waals surface area (Å²) in [6.07, 6.45) is 4.08. The average molecular weight is 298 g/mol. The molecule has 5 nitrogen and oxygen atoms in total. The topological polar surface area (TPSA) is 66.9 Å². The van der Waals surface area contributed by atoms with Crippen LogP contribution < -0.4 is 10.6 Å². The predicted octanol–water partition coefficient (Wildman–Crippen LogP) is 3.67. The summed E-state index contributed by atoms with van der Waals surface area (Å²) < 4.78 is 0. The van der Waals surface area contributed by atoms with E-state index in [1.165, 1.54) is 6.20 Å². The van der Waals surface area contributed by atoms with Crippen molar-refractivity contribution in [2.45, 2.75) is 33.1 Å². The molecule has 0 unspecified atom stereocenters. The Hall–Kier alpha value is -2.43. The Morgan fingerprint density at radius 3 is 2.59 bits per heavy atom. The fraction of sp³-hybridized carbons (Fsp3) is 0.353. The Labute approximate surface area is 131 Å². The van der Waals surface area contributed by atoms with Crippen LogP contribution in [0.25, 0.3) is 0 Å². The second-order valence-electron chi connectivity index (χ2n) is 5.41. The van der Waals surface area contributed by atoms with Crippen LogP contribution >= 0.6 is 0 Å². The van der Waals surface area contributed by atoms with Gasteiger partial charge in [-0.15, -0.1) is 0 Å². The molecule has 0 aliphatic carbocycles. The zero-order valence-corrected chi connectivity index (χ0v) is 13.3. The number of amides is 1.